The van der Waals surface area contributed by atoms with Crippen molar-refractivity contribution in [2.45, 2.75) is 6.42 Å². The van der Waals surface area contributed by atoms with E-state index in [0.29, 0.717) is 0 Å². The van der Waals surface area contributed by atoms with E-state index in [2.05, 4.69) is 4.98 Å². The van der Waals surface area contributed by atoms with E-state index in [-0.39, 0.29) is 34.7 Å². The van der Waals surface area contributed by atoms with Gasteiger partial charge < -0.3 is 10.1 Å². The second-order valence-corrected chi connectivity index (χ2v) is 2.55. The summed E-state index contributed by atoms with van der Waals surface area (Å²) in [4.78, 5) is 13.2. The van der Waals surface area contributed by atoms with Crippen molar-refractivity contribution in [3.8, 4) is 0 Å². The van der Waals surface area contributed by atoms with Crippen LogP contribution in [0.25, 0.3) is 10.9 Å². The maximum atomic E-state index is 10.6. The quantitative estimate of drug-likeness (QED) is 0.740. The van der Waals surface area contributed by atoms with Crippen molar-refractivity contribution in [1.82, 2.24) is 4.98 Å². The maximum Gasteiger partial charge on any atom is 0.309 e. The topological polar surface area (TPSA) is 53.1 Å². The second-order valence-electron chi connectivity index (χ2n) is 2.55. The fourth-order valence-electron chi connectivity index (χ4n) is 1.07. The van der Waals surface area contributed by atoms with E-state index >= 15 is 0 Å². The minimum Gasteiger partial charge on any atom is -0.481 e. The number of aliphatic carboxylic acids is 1. The van der Waals surface area contributed by atoms with Crippen molar-refractivity contribution < 1.29 is 16.8 Å². The van der Waals surface area contributed by atoms with Gasteiger partial charge in [-0.1, -0.05) is 18.1 Å². The summed E-state index contributed by atoms with van der Waals surface area (Å²) in [6.07, 6.45) is -0.424. The molecule has 66 valence electrons. The van der Waals surface area contributed by atoms with E-state index in [1.165, 1.54) is 0 Å². The van der Waals surface area contributed by atoms with Crippen LogP contribution in [0.2, 0.25) is 0 Å². The van der Waals surface area contributed by atoms with Gasteiger partial charge in [0.2, 0.25) is 0 Å². The lowest BCUT2D eigenvalue weighted by Crippen LogP contribution is -1.99. The van der Waals surface area contributed by atoms with Crippen LogP contribution in [0.1, 0.15) is 12.5 Å². The largest absolute Gasteiger partial charge is 0.481 e. The monoisotopic (exact) mass is 180 g/mol. The van der Waals surface area contributed by atoms with Gasteiger partial charge in [0, 0.05) is 11.2 Å². The molecule has 0 spiro atoms. The van der Waals surface area contributed by atoms with Crippen molar-refractivity contribution in [3.05, 3.63) is 35.9 Å². The number of fused-ring (bicyclic) bond motifs is 1. The molecule has 0 fully saturated rings. The summed E-state index contributed by atoms with van der Waals surface area (Å²) in [7, 11) is 0. The minimum absolute atomic E-state index is 0.0252. The van der Waals surface area contributed by atoms with Crippen LogP contribution in [0.4, 0.5) is 0 Å². The number of rotatable bonds is 2. The fraction of sp³-hybridized carbons (Fsp3) is 0.100. The number of carbonyl (C=O) groups is 1. The van der Waals surface area contributed by atoms with E-state index in [9.17, 15) is 4.79 Å². The van der Waals surface area contributed by atoms with Crippen molar-refractivity contribution in [2.24, 2.45) is 0 Å². The minimum atomic E-state index is -1.13. The summed E-state index contributed by atoms with van der Waals surface area (Å²) in [6, 6.07) is -1.66. The smallest absolute Gasteiger partial charge is 0.309 e. The van der Waals surface area contributed by atoms with E-state index < -0.39 is 24.5 Å². The van der Waals surface area contributed by atoms with E-state index in [1.54, 1.807) is 0 Å². The molecule has 1 aromatic carbocycles. The SMILES string of the molecule is [2H]c1c([2H])c([2H])c2c([2H])c(CC(=O)O)[nH]c2c1[2H]. The van der Waals surface area contributed by atoms with Gasteiger partial charge in [0.05, 0.1) is 13.3 Å². The lowest BCUT2D eigenvalue weighted by Gasteiger charge is -1.88. The third-order valence-corrected chi connectivity index (χ3v) is 1.57. The van der Waals surface area contributed by atoms with Gasteiger partial charge in [-0.3, -0.25) is 4.79 Å². The molecule has 0 saturated heterocycles. The van der Waals surface area contributed by atoms with Gasteiger partial charge in [0.15, 0.2) is 0 Å². The number of para-hydroxylation sites is 1. The number of carboxylic acid groups (broad SMARTS) is 1. The normalized spacial score (nSPS) is 15.8. The average Bonchev–Trinajstić information content (AvgIpc) is 2.61. The molecular formula is C10H9NO2. The number of nitrogens with one attached hydrogen (secondary N) is 1. The number of aromatic amines is 1. The lowest BCUT2D eigenvalue weighted by atomic mass is 10.2. The van der Waals surface area contributed by atoms with Gasteiger partial charge in [-0.25, -0.2) is 0 Å². The molecule has 2 aromatic rings. The number of H-pyrrole nitrogens is 1. The first-order chi connectivity index (χ1) is 8.34. The molecule has 0 aliphatic heterocycles. The third kappa shape index (κ3) is 1.54. The Morgan fingerprint density at radius 2 is 2.31 bits per heavy atom. The van der Waals surface area contributed by atoms with Crippen molar-refractivity contribution in [2.75, 3.05) is 0 Å². The molecule has 3 nitrogen and oxygen atoms in total. The Morgan fingerprint density at radius 3 is 3.08 bits per heavy atom. The predicted octanol–water partition coefficient (Wildman–Crippen LogP) is 1.79. The summed E-state index contributed by atoms with van der Waals surface area (Å²) in [5.41, 5.74) is 0.145. The zero-order chi connectivity index (χ0) is 13.6. The molecule has 0 unspecified atom stereocenters. The molecule has 13 heavy (non-hydrogen) atoms. The van der Waals surface area contributed by atoms with E-state index in [4.69, 9.17) is 12.0 Å². The zero-order valence-electron chi connectivity index (χ0n) is 11.6. The first kappa shape index (κ1) is 3.96. The number of benzene rings is 1. The second kappa shape index (κ2) is 2.94. The molecule has 1 heterocycles. The van der Waals surface area contributed by atoms with Crippen molar-refractivity contribution in [3.63, 3.8) is 0 Å². The molecule has 0 atom stereocenters. The molecule has 0 saturated carbocycles. The first-order valence-electron chi connectivity index (χ1n) is 6.13. The Hall–Kier alpha value is -1.77. The Kier molecular flexibility index (Phi) is 0.894. The van der Waals surface area contributed by atoms with Gasteiger partial charge in [-0.15, -0.1) is 0 Å². The molecule has 2 N–H and O–H groups in total. The Bertz CT molecular complexity index is 664. The van der Waals surface area contributed by atoms with E-state index in [0.717, 1.165) is 0 Å². The Morgan fingerprint density at radius 1 is 1.54 bits per heavy atom. The Labute approximate surface area is 82.0 Å². The molecule has 0 amide bonds. The van der Waals surface area contributed by atoms with Crippen LogP contribution in [0.5, 0.6) is 0 Å². The van der Waals surface area contributed by atoms with Gasteiger partial charge in [-0.2, -0.15) is 0 Å². The molecule has 3 heteroatoms. The van der Waals surface area contributed by atoms with Crippen LogP contribution in [-0.4, -0.2) is 16.1 Å². The van der Waals surface area contributed by atoms with Crippen LogP contribution in [0.3, 0.4) is 0 Å². The van der Waals surface area contributed by atoms with Crippen LogP contribution < -0.4 is 0 Å². The highest BCUT2D eigenvalue weighted by molar-refractivity contribution is 5.82. The molecule has 0 aliphatic carbocycles. The van der Waals surface area contributed by atoms with Gasteiger partial charge in [-0.05, 0) is 17.5 Å². The molecule has 2 rings (SSSR count). The average molecular weight is 180 g/mol. The molecule has 1 aromatic heterocycles. The molecule has 0 bridgehead atoms. The number of aromatic nitrogens is 1. The van der Waals surface area contributed by atoms with Gasteiger partial charge >= 0.3 is 5.97 Å². The number of carboxylic acids is 1. The van der Waals surface area contributed by atoms with Gasteiger partial charge in [0.25, 0.3) is 0 Å². The zero-order valence-corrected chi connectivity index (χ0v) is 6.56. The third-order valence-electron chi connectivity index (χ3n) is 1.57. The van der Waals surface area contributed by atoms with Crippen molar-refractivity contribution >= 4 is 16.9 Å². The number of hydrogen-bond donors (Lipinski definition) is 2. The first-order valence-corrected chi connectivity index (χ1v) is 3.63. The molecular weight excluding hydrogens is 166 g/mol. The van der Waals surface area contributed by atoms with Crippen LogP contribution in [0.15, 0.2) is 30.2 Å². The van der Waals surface area contributed by atoms with E-state index in [1.807, 2.05) is 0 Å². The summed E-state index contributed by atoms with van der Waals surface area (Å²) in [6.45, 7) is 0. The number of hydrogen-bond acceptors (Lipinski definition) is 1. The fourth-order valence-corrected chi connectivity index (χ4v) is 1.07. The highest BCUT2D eigenvalue weighted by atomic mass is 16.4. The van der Waals surface area contributed by atoms with Crippen LogP contribution >= 0.6 is 0 Å². The standard InChI is InChI=1S/C10H9NO2/c12-10(13)6-8-5-7-3-1-2-4-9(7)11-8/h1-5,11H,6H2,(H,12,13)/i1D,2D,3D,4D,5D. The summed E-state index contributed by atoms with van der Waals surface area (Å²) >= 11 is 0. The molecule has 0 radical (unpaired) electrons. The predicted molar refractivity (Wildman–Crippen MR) is 49.6 cm³/mol. The summed E-state index contributed by atoms with van der Waals surface area (Å²) in [5, 5.41) is 8.72. The maximum absolute atomic E-state index is 10.6. The summed E-state index contributed by atoms with van der Waals surface area (Å²) < 4.78 is 38.1. The summed E-state index contributed by atoms with van der Waals surface area (Å²) in [5.74, 6) is -1.13. The highest BCUT2D eigenvalue weighted by Gasteiger charge is 2.03. The van der Waals surface area contributed by atoms with Crippen molar-refractivity contribution in [1.29, 1.82) is 0 Å². The van der Waals surface area contributed by atoms with Crippen LogP contribution in [-0.2, 0) is 11.2 Å². The van der Waals surface area contributed by atoms with Gasteiger partial charge in [0.1, 0.15) is 0 Å². The Balaban J connectivity index is 2.84. The highest BCUT2D eigenvalue weighted by Crippen LogP contribution is 2.14. The molecule has 0 aliphatic rings. The van der Waals surface area contributed by atoms with Crippen LogP contribution in [0, 0.1) is 0 Å². The lowest BCUT2D eigenvalue weighted by molar-refractivity contribution is -0.136.